The second-order valence-corrected chi connectivity index (χ2v) is 9.34. The molecule has 1 aliphatic heterocycles. The fourth-order valence-electron chi connectivity index (χ4n) is 4.49. The lowest BCUT2D eigenvalue weighted by Crippen LogP contribution is -2.30. The molecule has 5 rings (SSSR count). The maximum absolute atomic E-state index is 9.66. The van der Waals surface area contributed by atoms with Crippen LogP contribution in [0.5, 0.6) is 0 Å². The second kappa shape index (κ2) is 8.74. The highest BCUT2D eigenvalue weighted by molar-refractivity contribution is 7.99. The van der Waals surface area contributed by atoms with Crippen LogP contribution < -0.4 is 5.32 Å². The van der Waals surface area contributed by atoms with Gasteiger partial charge in [0.25, 0.3) is 0 Å². The van der Waals surface area contributed by atoms with Crippen molar-refractivity contribution in [3.63, 3.8) is 0 Å². The molecule has 0 bridgehead atoms. The number of benzene rings is 1. The lowest BCUT2D eigenvalue weighted by Gasteiger charge is -2.24. The molecule has 164 valence electrons. The number of hydrogen-bond donors (Lipinski definition) is 1. The van der Waals surface area contributed by atoms with Crippen LogP contribution in [0.3, 0.4) is 0 Å². The van der Waals surface area contributed by atoms with Gasteiger partial charge in [-0.1, -0.05) is 30.0 Å². The first kappa shape index (κ1) is 21.3. The molecule has 33 heavy (non-hydrogen) atoms. The fourth-order valence-corrected chi connectivity index (χ4v) is 5.67. The minimum atomic E-state index is 0.404. The van der Waals surface area contributed by atoms with E-state index in [2.05, 4.69) is 39.0 Å². The first-order valence-electron chi connectivity index (χ1n) is 10.9. The van der Waals surface area contributed by atoms with Crippen LogP contribution in [0.25, 0.3) is 21.5 Å². The predicted molar refractivity (Wildman–Crippen MR) is 129 cm³/mol. The first-order chi connectivity index (χ1) is 16.1. The summed E-state index contributed by atoms with van der Waals surface area (Å²) in [5, 5.41) is 22.2. The summed E-state index contributed by atoms with van der Waals surface area (Å²) in [6.07, 6.45) is 7.63. The molecule has 1 N–H and O–H groups in total. The molecule has 0 spiro atoms. The zero-order valence-corrected chi connectivity index (χ0v) is 19.4. The molecular formula is C25H23N7S. The minimum Gasteiger partial charge on any atom is -0.317 e. The molecule has 1 fully saturated rings. The minimum absolute atomic E-state index is 0.404. The van der Waals surface area contributed by atoms with E-state index >= 15 is 0 Å². The summed E-state index contributed by atoms with van der Waals surface area (Å²) in [6, 6.07) is 10.6. The van der Waals surface area contributed by atoms with Crippen molar-refractivity contribution in [2.45, 2.75) is 42.5 Å². The molecule has 7 nitrogen and oxygen atoms in total. The van der Waals surface area contributed by atoms with Crippen LogP contribution in [-0.4, -0.2) is 32.5 Å². The molecule has 1 aromatic carbocycles. The Kier molecular flexibility index (Phi) is 5.63. The summed E-state index contributed by atoms with van der Waals surface area (Å²) in [6.45, 7) is 13.7. The number of hydrogen-bond acceptors (Lipinski definition) is 5. The number of piperidine rings is 1. The molecule has 0 amide bonds. The average molecular weight is 454 g/mol. The Hall–Kier alpha value is -3.59. The van der Waals surface area contributed by atoms with Gasteiger partial charge < -0.3 is 5.32 Å². The van der Waals surface area contributed by atoms with Gasteiger partial charge in [0, 0.05) is 32.8 Å². The molecule has 0 saturated carbocycles. The van der Waals surface area contributed by atoms with Gasteiger partial charge in [-0.25, -0.2) is 9.36 Å². The van der Waals surface area contributed by atoms with E-state index in [1.54, 1.807) is 10.7 Å². The third-order valence-corrected chi connectivity index (χ3v) is 7.32. The number of aromatic nitrogens is 4. The van der Waals surface area contributed by atoms with Gasteiger partial charge in [0.1, 0.15) is 6.07 Å². The van der Waals surface area contributed by atoms with Crippen molar-refractivity contribution in [1.29, 1.82) is 5.26 Å². The maximum atomic E-state index is 9.66. The molecule has 0 atom stereocenters. The molecule has 0 aliphatic carbocycles. The summed E-state index contributed by atoms with van der Waals surface area (Å²) < 4.78 is 3.92. The highest BCUT2D eigenvalue weighted by Gasteiger charge is 2.21. The number of para-hydroxylation sites is 1. The van der Waals surface area contributed by atoms with Crippen molar-refractivity contribution in [3.8, 4) is 17.2 Å². The van der Waals surface area contributed by atoms with E-state index in [0.29, 0.717) is 17.3 Å². The Labute approximate surface area is 196 Å². The zero-order valence-electron chi connectivity index (χ0n) is 18.5. The van der Waals surface area contributed by atoms with Crippen LogP contribution in [0.1, 0.15) is 35.7 Å². The molecule has 0 radical (unpaired) electrons. The van der Waals surface area contributed by atoms with E-state index < -0.39 is 0 Å². The van der Waals surface area contributed by atoms with Crippen molar-refractivity contribution < 1.29 is 0 Å². The van der Waals surface area contributed by atoms with Crippen molar-refractivity contribution >= 4 is 23.0 Å². The van der Waals surface area contributed by atoms with Crippen LogP contribution in [0.15, 0.2) is 52.6 Å². The molecule has 1 aliphatic rings. The quantitative estimate of drug-likeness (QED) is 0.424. The predicted octanol–water partition coefficient (Wildman–Crippen LogP) is 5.31. The highest BCUT2D eigenvalue weighted by atomic mass is 32.2. The first-order valence-corrected chi connectivity index (χ1v) is 11.7. The molecule has 4 aromatic rings. The Morgan fingerprint density at radius 2 is 2.00 bits per heavy atom. The highest BCUT2D eigenvalue weighted by Crippen LogP contribution is 2.41. The normalized spacial score (nSPS) is 14.3. The van der Waals surface area contributed by atoms with Gasteiger partial charge in [-0.3, -0.25) is 4.68 Å². The lowest BCUT2D eigenvalue weighted by molar-refractivity contribution is 0.338. The van der Waals surface area contributed by atoms with Crippen molar-refractivity contribution in [2.24, 2.45) is 0 Å². The average Bonchev–Trinajstić information content (AvgIpc) is 3.43. The van der Waals surface area contributed by atoms with Gasteiger partial charge >= 0.3 is 0 Å². The summed E-state index contributed by atoms with van der Waals surface area (Å²) in [5.41, 5.74) is 6.03. The van der Waals surface area contributed by atoms with Gasteiger partial charge in [-0.2, -0.15) is 15.5 Å². The van der Waals surface area contributed by atoms with Crippen LogP contribution in [0.4, 0.5) is 5.69 Å². The van der Waals surface area contributed by atoms with E-state index in [4.69, 9.17) is 11.7 Å². The van der Waals surface area contributed by atoms with E-state index in [9.17, 15) is 5.26 Å². The fraction of sp³-hybridized carbons (Fsp3) is 0.280. The van der Waals surface area contributed by atoms with Gasteiger partial charge in [-0.15, -0.1) is 0 Å². The van der Waals surface area contributed by atoms with E-state index in [0.717, 1.165) is 63.6 Å². The monoisotopic (exact) mass is 453 g/mol. The summed E-state index contributed by atoms with van der Waals surface area (Å²) in [5.74, 6) is 0. The van der Waals surface area contributed by atoms with E-state index in [-0.39, 0.29) is 0 Å². The van der Waals surface area contributed by atoms with Crippen LogP contribution in [0.2, 0.25) is 0 Å². The number of pyridine rings is 1. The molecular weight excluding hydrogens is 430 g/mol. The maximum Gasteiger partial charge on any atom is 0.203 e. The summed E-state index contributed by atoms with van der Waals surface area (Å²) >= 11 is 1.51. The molecule has 1 saturated heterocycles. The van der Waals surface area contributed by atoms with Crippen molar-refractivity contribution in [2.75, 3.05) is 13.1 Å². The van der Waals surface area contributed by atoms with E-state index in [1.807, 2.05) is 37.5 Å². The van der Waals surface area contributed by atoms with E-state index in [1.165, 1.54) is 11.8 Å². The largest absolute Gasteiger partial charge is 0.317 e. The van der Waals surface area contributed by atoms with Crippen LogP contribution >= 0.6 is 11.8 Å². The molecule has 3 aromatic heterocycles. The Morgan fingerprint density at radius 3 is 2.76 bits per heavy atom. The molecule has 0 unspecified atom stereocenters. The Balaban J connectivity index is 1.63. The van der Waals surface area contributed by atoms with Crippen molar-refractivity contribution in [1.82, 2.24) is 24.7 Å². The second-order valence-electron chi connectivity index (χ2n) is 8.26. The van der Waals surface area contributed by atoms with Gasteiger partial charge in [0.2, 0.25) is 5.69 Å². The van der Waals surface area contributed by atoms with Gasteiger partial charge in [-0.05, 0) is 51.4 Å². The Morgan fingerprint density at radius 1 is 1.18 bits per heavy atom. The standard InChI is InChI=1S/C25H23N7S/c1-16-5-4-6-22(24(16)27-3)33-23-11-18(15-31-25(23)19(12-26)13-29-31)21-14-30-32(17(21)2)20-7-9-28-10-8-20/h4-6,11,13-15,20,28H,7-10H2,1-2H3. The zero-order chi connectivity index (χ0) is 22.9. The van der Waals surface area contributed by atoms with Gasteiger partial charge in [0.05, 0.1) is 36.1 Å². The summed E-state index contributed by atoms with van der Waals surface area (Å²) in [7, 11) is 0. The van der Waals surface area contributed by atoms with Crippen LogP contribution in [0, 0.1) is 31.8 Å². The number of nitriles is 1. The molecule has 4 heterocycles. The SMILES string of the molecule is [C-]#[N+]c1c(C)cccc1Sc1cc(-c2cnn(C3CCNCC3)c2C)cn2ncc(C#N)c12. The number of aryl methyl sites for hydroxylation is 1. The van der Waals surface area contributed by atoms with Crippen LogP contribution in [-0.2, 0) is 0 Å². The lowest BCUT2D eigenvalue weighted by atomic mass is 10.1. The Bertz CT molecular complexity index is 1430. The number of fused-ring (bicyclic) bond motifs is 1. The topological polar surface area (TPSA) is 75.3 Å². The third-order valence-electron chi connectivity index (χ3n) is 6.24. The summed E-state index contributed by atoms with van der Waals surface area (Å²) in [4.78, 5) is 5.52. The number of nitrogens with one attached hydrogen (secondary N) is 1. The third kappa shape index (κ3) is 3.78. The van der Waals surface area contributed by atoms with Gasteiger partial charge in [0.15, 0.2) is 0 Å². The smallest absolute Gasteiger partial charge is 0.203 e. The molecule has 8 heteroatoms. The number of rotatable bonds is 4. The van der Waals surface area contributed by atoms with Crippen molar-refractivity contribution in [3.05, 3.63) is 71.1 Å². The number of nitrogens with zero attached hydrogens (tertiary/aromatic N) is 6.